The van der Waals surface area contributed by atoms with Gasteiger partial charge in [0.1, 0.15) is 0 Å². The Morgan fingerprint density at radius 2 is 1.66 bits per heavy atom. The number of carbonyl (C=O) groups excluding carboxylic acids is 1. The molecular weight excluding hydrogens is 376 g/mol. The first-order valence-corrected chi connectivity index (χ1v) is 9.33. The first kappa shape index (κ1) is 20.6. The van der Waals surface area contributed by atoms with Gasteiger partial charge in [-0.05, 0) is 38.0 Å². The van der Waals surface area contributed by atoms with Crippen molar-refractivity contribution in [2.45, 2.75) is 44.2 Å². The second-order valence-electron chi connectivity index (χ2n) is 7.83. The van der Waals surface area contributed by atoms with E-state index >= 15 is 0 Å². The summed E-state index contributed by atoms with van der Waals surface area (Å²) in [5.41, 5.74) is 0.183. The third kappa shape index (κ3) is 4.02. The molecule has 1 fully saturated rings. The monoisotopic (exact) mass is 398 g/mol. The van der Waals surface area contributed by atoms with Crippen LogP contribution in [0.2, 0.25) is 0 Å². The maximum Gasteiger partial charge on any atom is 0.269 e. The van der Waals surface area contributed by atoms with Crippen molar-refractivity contribution in [1.82, 2.24) is 0 Å². The topological polar surface area (TPSA) is 124 Å². The van der Waals surface area contributed by atoms with Gasteiger partial charge >= 0.3 is 0 Å². The van der Waals surface area contributed by atoms with Crippen LogP contribution in [0.15, 0.2) is 48.5 Å². The first-order chi connectivity index (χ1) is 13.6. The van der Waals surface area contributed by atoms with Gasteiger partial charge in [0.05, 0.1) is 22.4 Å². The molecule has 4 atom stereocenters. The molecule has 1 N–H and O–H groups in total. The number of hydrogen-bond donors (Lipinski definition) is 1. The fourth-order valence-corrected chi connectivity index (χ4v) is 4.20. The molecule has 152 valence electrons. The molecule has 2 aromatic rings. The van der Waals surface area contributed by atoms with Crippen molar-refractivity contribution in [3.63, 3.8) is 0 Å². The number of Topliss-reactive ketones (excluding diaryl/α,β-unsaturated/α-hetero) is 1. The molecule has 0 amide bonds. The molecule has 8 nitrogen and oxygen atoms in total. The van der Waals surface area contributed by atoms with Gasteiger partial charge in [-0.3, -0.25) is 25.0 Å². The quantitative estimate of drug-likeness (QED) is 0.465. The Bertz CT molecular complexity index is 937. The Morgan fingerprint density at radius 3 is 2.17 bits per heavy atom. The van der Waals surface area contributed by atoms with Crippen molar-refractivity contribution in [1.29, 1.82) is 0 Å². The van der Waals surface area contributed by atoms with E-state index in [1.54, 1.807) is 12.1 Å². The number of hydrogen-bond acceptors (Lipinski definition) is 6. The molecule has 1 aliphatic rings. The van der Waals surface area contributed by atoms with Crippen LogP contribution in [0.4, 0.5) is 5.69 Å². The standard InChI is InChI=1S/C21H22N2O6/c1-13-3-5-14(6-4-13)18-17(23(28)29)11-12-21(2,25)19(18)20(24)15-7-9-16(10-8-15)22(26)27/h3-10,17-19,25H,11-12H2,1-2H3/t17-,18+,19+,21+/m0/s1. The van der Waals surface area contributed by atoms with Gasteiger partial charge in [-0.15, -0.1) is 0 Å². The number of rotatable bonds is 5. The summed E-state index contributed by atoms with van der Waals surface area (Å²) in [6, 6.07) is 11.3. The normalized spacial score (nSPS) is 26.7. The van der Waals surface area contributed by atoms with Gasteiger partial charge in [0, 0.05) is 29.0 Å². The molecule has 0 spiro atoms. The van der Waals surface area contributed by atoms with E-state index in [1.807, 2.05) is 19.1 Å². The van der Waals surface area contributed by atoms with Crippen molar-refractivity contribution < 1.29 is 19.7 Å². The van der Waals surface area contributed by atoms with E-state index in [2.05, 4.69) is 0 Å². The van der Waals surface area contributed by atoms with Gasteiger partial charge in [-0.1, -0.05) is 29.8 Å². The Kier molecular flexibility index (Phi) is 5.48. The van der Waals surface area contributed by atoms with Crippen LogP contribution in [0.5, 0.6) is 0 Å². The molecule has 0 radical (unpaired) electrons. The number of carbonyl (C=O) groups is 1. The number of nitrogens with zero attached hydrogens (tertiary/aromatic N) is 2. The second-order valence-corrected chi connectivity index (χ2v) is 7.83. The number of nitro benzene ring substituents is 1. The molecule has 1 aliphatic carbocycles. The highest BCUT2D eigenvalue weighted by Crippen LogP contribution is 2.46. The third-order valence-electron chi connectivity index (χ3n) is 5.77. The lowest BCUT2D eigenvalue weighted by Crippen LogP contribution is -2.52. The molecule has 0 aromatic heterocycles. The minimum Gasteiger partial charge on any atom is -0.389 e. The molecule has 29 heavy (non-hydrogen) atoms. The van der Waals surface area contributed by atoms with Gasteiger partial charge in [0.2, 0.25) is 6.04 Å². The van der Waals surface area contributed by atoms with Crippen LogP contribution in [0.3, 0.4) is 0 Å². The Labute approximate surface area is 167 Å². The van der Waals surface area contributed by atoms with E-state index in [0.29, 0.717) is 5.56 Å². The molecule has 8 heteroatoms. The summed E-state index contributed by atoms with van der Waals surface area (Å²) in [5, 5.41) is 33.7. The Balaban J connectivity index is 2.08. The van der Waals surface area contributed by atoms with Crippen LogP contribution in [-0.4, -0.2) is 32.4 Å². The van der Waals surface area contributed by atoms with Gasteiger partial charge < -0.3 is 5.11 Å². The molecular formula is C21H22N2O6. The summed E-state index contributed by atoms with van der Waals surface area (Å²) < 4.78 is 0. The summed E-state index contributed by atoms with van der Waals surface area (Å²) in [4.78, 5) is 35.1. The first-order valence-electron chi connectivity index (χ1n) is 9.33. The SMILES string of the molecule is Cc1ccc([C@@H]2[C@@H]([N+](=O)[O-])CC[C@@](C)(O)[C@H]2C(=O)c2ccc([N+](=O)[O-])cc2)cc1. The van der Waals surface area contributed by atoms with Crippen LogP contribution < -0.4 is 0 Å². The lowest BCUT2D eigenvalue weighted by molar-refractivity contribution is -0.533. The largest absolute Gasteiger partial charge is 0.389 e. The molecule has 0 aliphatic heterocycles. The zero-order valence-electron chi connectivity index (χ0n) is 16.1. The van der Waals surface area contributed by atoms with E-state index in [4.69, 9.17) is 0 Å². The smallest absolute Gasteiger partial charge is 0.269 e. The highest BCUT2D eigenvalue weighted by Gasteiger charge is 2.54. The minimum absolute atomic E-state index is 0.115. The maximum absolute atomic E-state index is 13.4. The highest BCUT2D eigenvalue weighted by atomic mass is 16.6. The summed E-state index contributed by atoms with van der Waals surface area (Å²) in [6.07, 6.45) is 0.271. The van der Waals surface area contributed by atoms with Gasteiger partial charge in [0.15, 0.2) is 5.78 Å². The number of ketones is 1. The fourth-order valence-electron chi connectivity index (χ4n) is 4.20. The van der Waals surface area contributed by atoms with Crippen LogP contribution in [0.25, 0.3) is 0 Å². The average molecular weight is 398 g/mol. The van der Waals surface area contributed by atoms with Crippen molar-refractivity contribution in [3.8, 4) is 0 Å². The van der Waals surface area contributed by atoms with Crippen LogP contribution in [0, 0.1) is 33.1 Å². The molecule has 0 saturated heterocycles. The number of nitro groups is 2. The minimum atomic E-state index is -1.44. The predicted octanol–water partition coefficient (Wildman–Crippen LogP) is 3.68. The van der Waals surface area contributed by atoms with E-state index < -0.39 is 34.2 Å². The number of aliphatic hydroxyl groups is 1. The van der Waals surface area contributed by atoms with Gasteiger partial charge in [0.25, 0.3) is 5.69 Å². The van der Waals surface area contributed by atoms with E-state index in [-0.39, 0.29) is 29.0 Å². The highest BCUT2D eigenvalue weighted by molar-refractivity contribution is 5.99. The molecule has 3 rings (SSSR count). The van der Waals surface area contributed by atoms with Gasteiger partial charge in [-0.2, -0.15) is 0 Å². The second kappa shape index (κ2) is 7.71. The molecule has 0 bridgehead atoms. The summed E-state index contributed by atoms with van der Waals surface area (Å²) in [5.74, 6) is -2.31. The zero-order chi connectivity index (χ0) is 21.3. The molecule has 0 unspecified atom stereocenters. The zero-order valence-corrected chi connectivity index (χ0v) is 16.1. The lowest BCUT2D eigenvalue weighted by Gasteiger charge is -2.43. The molecule has 2 aromatic carbocycles. The number of benzene rings is 2. The summed E-state index contributed by atoms with van der Waals surface area (Å²) >= 11 is 0. The number of aryl methyl sites for hydroxylation is 1. The molecule has 1 saturated carbocycles. The van der Waals surface area contributed by atoms with Crippen molar-refractivity contribution in [2.75, 3.05) is 0 Å². The van der Waals surface area contributed by atoms with Crippen LogP contribution in [-0.2, 0) is 0 Å². The van der Waals surface area contributed by atoms with Crippen molar-refractivity contribution in [2.24, 2.45) is 5.92 Å². The van der Waals surface area contributed by atoms with Crippen molar-refractivity contribution >= 4 is 11.5 Å². The van der Waals surface area contributed by atoms with Crippen LogP contribution >= 0.6 is 0 Å². The lowest BCUT2D eigenvalue weighted by atomic mass is 9.62. The fraction of sp³-hybridized carbons (Fsp3) is 0.381. The Morgan fingerprint density at radius 1 is 1.07 bits per heavy atom. The Hall–Kier alpha value is -3.13. The van der Waals surface area contributed by atoms with E-state index in [1.165, 1.54) is 31.2 Å². The molecule has 0 heterocycles. The summed E-state index contributed by atoms with van der Waals surface area (Å²) in [7, 11) is 0. The maximum atomic E-state index is 13.4. The van der Waals surface area contributed by atoms with Crippen molar-refractivity contribution in [3.05, 3.63) is 85.4 Å². The average Bonchev–Trinajstić information content (AvgIpc) is 2.67. The van der Waals surface area contributed by atoms with Gasteiger partial charge in [-0.25, -0.2) is 0 Å². The summed E-state index contributed by atoms with van der Waals surface area (Å²) in [6.45, 7) is 3.42. The van der Waals surface area contributed by atoms with E-state index in [9.17, 15) is 30.1 Å². The third-order valence-corrected chi connectivity index (χ3v) is 5.77. The van der Waals surface area contributed by atoms with E-state index in [0.717, 1.165) is 5.56 Å². The van der Waals surface area contributed by atoms with Crippen LogP contribution in [0.1, 0.15) is 47.2 Å². The number of non-ortho nitro benzene ring substituents is 1. The predicted molar refractivity (Wildman–Crippen MR) is 105 cm³/mol.